The molecule has 2 N–H and O–H groups in total. The minimum atomic E-state index is -4.22. The summed E-state index contributed by atoms with van der Waals surface area (Å²) in [5, 5.41) is 1.56. The van der Waals surface area contributed by atoms with E-state index in [1.54, 1.807) is 0 Å². The second-order valence-corrected chi connectivity index (χ2v) is 3.96. The predicted octanol–water partition coefficient (Wildman–Crippen LogP) is 1.89. The van der Waals surface area contributed by atoms with Gasteiger partial charge < -0.3 is 10.5 Å². The van der Waals surface area contributed by atoms with Crippen LogP contribution in [-0.2, 0) is 11.2 Å². The van der Waals surface area contributed by atoms with E-state index in [1.807, 2.05) is 0 Å². The van der Waals surface area contributed by atoms with E-state index in [0.717, 1.165) is 11.3 Å². The van der Waals surface area contributed by atoms with Crippen molar-refractivity contribution >= 4 is 11.3 Å². The summed E-state index contributed by atoms with van der Waals surface area (Å²) in [5.41, 5.74) is 6.07. The molecule has 1 aromatic heterocycles. The highest BCUT2D eigenvalue weighted by molar-refractivity contribution is 7.09. The third-order valence-corrected chi connectivity index (χ3v) is 2.51. The van der Waals surface area contributed by atoms with E-state index in [1.165, 1.54) is 12.5 Å². The van der Waals surface area contributed by atoms with Crippen LogP contribution < -0.4 is 5.73 Å². The number of rotatable bonds is 4. The molecule has 86 valence electrons. The summed E-state index contributed by atoms with van der Waals surface area (Å²) in [7, 11) is 1.48. The normalized spacial score (nSPS) is 14.2. The molecule has 0 bridgehead atoms. The van der Waals surface area contributed by atoms with Crippen molar-refractivity contribution in [2.45, 2.75) is 18.6 Å². The molecule has 1 rings (SSSR count). The van der Waals surface area contributed by atoms with Crippen LogP contribution >= 0.6 is 11.3 Å². The molecule has 0 saturated heterocycles. The van der Waals surface area contributed by atoms with Crippen LogP contribution in [0.15, 0.2) is 5.38 Å². The molecule has 3 nitrogen and oxygen atoms in total. The maximum Gasteiger partial charge on any atom is 0.395 e. The quantitative estimate of drug-likeness (QED) is 0.874. The number of nitrogens with two attached hydrogens (primary N) is 1. The van der Waals surface area contributed by atoms with Gasteiger partial charge in [0, 0.05) is 12.5 Å². The van der Waals surface area contributed by atoms with Crippen molar-refractivity contribution in [3.05, 3.63) is 16.1 Å². The van der Waals surface area contributed by atoms with Gasteiger partial charge in [-0.2, -0.15) is 13.2 Å². The lowest BCUT2D eigenvalue weighted by atomic mass is 10.2. The van der Waals surface area contributed by atoms with E-state index in [0.29, 0.717) is 5.69 Å². The number of halogens is 3. The summed E-state index contributed by atoms with van der Waals surface area (Å²) < 4.78 is 40.8. The standard InChI is InChI=1S/C8H11F3N2OS/c1-14-3-5(12)6-4-15-7(13-6)2-8(9,10)11/h4-5H,2-3,12H2,1H3. The first-order valence-electron chi connectivity index (χ1n) is 4.18. The smallest absolute Gasteiger partial charge is 0.383 e. The zero-order valence-corrected chi connectivity index (χ0v) is 8.86. The minimum Gasteiger partial charge on any atom is -0.383 e. The number of aromatic nitrogens is 1. The molecule has 0 saturated carbocycles. The lowest BCUT2D eigenvalue weighted by Gasteiger charge is -2.06. The number of methoxy groups -OCH3 is 1. The number of nitrogens with zero attached hydrogens (tertiary/aromatic N) is 1. The summed E-state index contributed by atoms with van der Waals surface area (Å²) in [6.07, 6.45) is -5.22. The highest BCUT2D eigenvalue weighted by Crippen LogP contribution is 2.24. The van der Waals surface area contributed by atoms with Gasteiger partial charge in [-0.3, -0.25) is 0 Å². The summed E-state index contributed by atoms with van der Waals surface area (Å²) in [5.74, 6) is 0. The van der Waals surface area contributed by atoms with Crippen molar-refractivity contribution in [2.75, 3.05) is 13.7 Å². The summed E-state index contributed by atoms with van der Waals surface area (Å²) in [6.45, 7) is 0.245. The molecule has 0 aliphatic heterocycles. The van der Waals surface area contributed by atoms with E-state index in [2.05, 4.69) is 4.98 Å². The average Bonchev–Trinajstić information content (AvgIpc) is 2.50. The van der Waals surface area contributed by atoms with Crippen LogP contribution in [0.4, 0.5) is 13.2 Å². The Labute approximate surface area is 89.1 Å². The van der Waals surface area contributed by atoms with Crippen molar-refractivity contribution in [2.24, 2.45) is 5.73 Å². The van der Waals surface area contributed by atoms with E-state index in [4.69, 9.17) is 10.5 Å². The molecule has 0 aliphatic carbocycles. The lowest BCUT2D eigenvalue weighted by Crippen LogP contribution is -2.17. The summed E-state index contributed by atoms with van der Waals surface area (Å²) in [6, 6.07) is -0.465. The Hall–Kier alpha value is -0.660. The average molecular weight is 240 g/mol. The molecule has 15 heavy (non-hydrogen) atoms. The molecular weight excluding hydrogens is 229 g/mol. The van der Waals surface area contributed by atoms with Gasteiger partial charge in [0.2, 0.25) is 0 Å². The molecule has 0 spiro atoms. The van der Waals surface area contributed by atoms with E-state index in [9.17, 15) is 13.2 Å². The van der Waals surface area contributed by atoms with Gasteiger partial charge in [0.25, 0.3) is 0 Å². The molecule has 0 amide bonds. The number of thiazole rings is 1. The van der Waals surface area contributed by atoms with Gasteiger partial charge in [0.05, 0.1) is 24.8 Å². The fourth-order valence-corrected chi connectivity index (χ4v) is 1.90. The van der Waals surface area contributed by atoms with Crippen LogP contribution in [0.1, 0.15) is 16.7 Å². The van der Waals surface area contributed by atoms with Gasteiger partial charge in [-0.1, -0.05) is 0 Å². The lowest BCUT2D eigenvalue weighted by molar-refractivity contribution is -0.127. The third kappa shape index (κ3) is 4.15. The molecule has 0 fully saturated rings. The fourth-order valence-electron chi connectivity index (χ4n) is 1.01. The Morgan fingerprint density at radius 3 is 2.80 bits per heavy atom. The van der Waals surface area contributed by atoms with Crippen molar-refractivity contribution in [1.29, 1.82) is 0 Å². The first kappa shape index (κ1) is 12.4. The van der Waals surface area contributed by atoms with Crippen molar-refractivity contribution in [3.8, 4) is 0 Å². The van der Waals surface area contributed by atoms with Gasteiger partial charge in [-0.15, -0.1) is 11.3 Å². The van der Waals surface area contributed by atoms with Crippen LogP contribution in [0.25, 0.3) is 0 Å². The van der Waals surface area contributed by atoms with Crippen LogP contribution in [0, 0.1) is 0 Å². The second-order valence-electron chi connectivity index (χ2n) is 3.02. The van der Waals surface area contributed by atoms with Gasteiger partial charge >= 0.3 is 6.18 Å². The zero-order valence-electron chi connectivity index (χ0n) is 8.04. The van der Waals surface area contributed by atoms with Gasteiger partial charge in [-0.05, 0) is 0 Å². The predicted molar refractivity (Wildman–Crippen MR) is 50.7 cm³/mol. The SMILES string of the molecule is COCC(N)c1csc(CC(F)(F)F)n1. The minimum absolute atomic E-state index is 0.0315. The molecule has 7 heteroatoms. The van der Waals surface area contributed by atoms with E-state index >= 15 is 0 Å². The highest BCUT2D eigenvalue weighted by atomic mass is 32.1. The van der Waals surface area contributed by atoms with E-state index < -0.39 is 18.6 Å². The molecule has 1 heterocycles. The maximum absolute atomic E-state index is 12.0. The van der Waals surface area contributed by atoms with Crippen molar-refractivity contribution in [3.63, 3.8) is 0 Å². The van der Waals surface area contributed by atoms with Crippen LogP contribution in [0.5, 0.6) is 0 Å². The maximum atomic E-state index is 12.0. The second kappa shape index (κ2) is 4.91. The molecule has 0 aromatic carbocycles. The zero-order chi connectivity index (χ0) is 11.5. The monoisotopic (exact) mass is 240 g/mol. The summed E-state index contributed by atoms with van der Waals surface area (Å²) >= 11 is 0.964. The molecule has 0 radical (unpaired) electrons. The van der Waals surface area contributed by atoms with Gasteiger partial charge in [0.1, 0.15) is 5.01 Å². The van der Waals surface area contributed by atoms with Crippen LogP contribution in [-0.4, -0.2) is 24.9 Å². The van der Waals surface area contributed by atoms with Crippen molar-refractivity contribution < 1.29 is 17.9 Å². The Bertz CT molecular complexity index is 313. The Morgan fingerprint density at radius 1 is 1.60 bits per heavy atom. The molecule has 0 aliphatic rings. The Morgan fingerprint density at radius 2 is 2.27 bits per heavy atom. The topological polar surface area (TPSA) is 48.1 Å². The van der Waals surface area contributed by atoms with Gasteiger partial charge in [0.15, 0.2) is 0 Å². The highest BCUT2D eigenvalue weighted by Gasteiger charge is 2.29. The van der Waals surface area contributed by atoms with Crippen LogP contribution in [0.3, 0.4) is 0 Å². The molecule has 1 atom stereocenters. The summed E-state index contributed by atoms with van der Waals surface area (Å²) in [4.78, 5) is 3.81. The third-order valence-electron chi connectivity index (χ3n) is 1.65. The number of ether oxygens (including phenoxy) is 1. The number of hydrogen-bond donors (Lipinski definition) is 1. The van der Waals surface area contributed by atoms with Crippen LogP contribution in [0.2, 0.25) is 0 Å². The number of alkyl halides is 3. The first-order chi connectivity index (χ1) is 6.92. The molecular formula is C8H11F3N2OS. The van der Waals surface area contributed by atoms with Crippen molar-refractivity contribution in [1.82, 2.24) is 4.98 Å². The largest absolute Gasteiger partial charge is 0.395 e. The first-order valence-corrected chi connectivity index (χ1v) is 5.06. The Kier molecular flexibility index (Phi) is 4.06. The van der Waals surface area contributed by atoms with Gasteiger partial charge in [-0.25, -0.2) is 4.98 Å². The van der Waals surface area contributed by atoms with E-state index in [-0.39, 0.29) is 11.6 Å². The molecule has 1 unspecified atom stereocenters. The fraction of sp³-hybridized carbons (Fsp3) is 0.625. The number of hydrogen-bond acceptors (Lipinski definition) is 4. The Balaban J connectivity index is 2.64. The molecule has 1 aromatic rings.